The van der Waals surface area contributed by atoms with Crippen LogP contribution in [0.5, 0.6) is 11.5 Å². The van der Waals surface area contributed by atoms with E-state index in [4.69, 9.17) is 14.2 Å². The Morgan fingerprint density at radius 1 is 1.05 bits per heavy atom. The van der Waals surface area contributed by atoms with Crippen LogP contribution in [0.15, 0.2) is 35.6 Å². The Morgan fingerprint density at radius 3 is 2.39 bits per heavy atom. The van der Waals surface area contributed by atoms with E-state index < -0.39 is 29.0 Å². The van der Waals surface area contributed by atoms with Crippen molar-refractivity contribution in [2.75, 3.05) is 26.4 Å². The Balaban J connectivity index is 1.26. The van der Waals surface area contributed by atoms with Gasteiger partial charge < -0.3 is 19.2 Å². The fourth-order valence-electron chi connectivity index (χ4n) is 5.62. The molecule has 1 saturated heterocycles. The van der Waals surface area contributed by atoms with Crippen LogP contribution in [0.25, 0.3) is 11.0 Å². The summed E-state index contributed by atoms with van der Waals surface area (Å²) in [6.07, 6.45) is 0.192. The second-order valence-corrected chi connectivity index (χ2v) is 10.4. The summed E-state index contributed by atoms with van der Waals surface area (Å²) < 4.78 is 89.2. The lowest BCUT2D eigenvalue weighted by atomic mass is 9.64. The normalized spacial score (nSPS) is 20.6. The highest BCUT2D eigenvalue weighted by molar-refractivity contribution is 5.88. The zero-order valence-electron chi connectivity index (χ0n) is 20.5. The molecule has 0 unspecified atom stereocenters. The van der Waals surface area contributed by atoms with Crippen molar-refractivity contribution in [3.63, 3.8) is 0 Å². The predicted octanol–water partition coefficient (Wildman–Crippen LogP) is 6.39. The van der Waals surface area contributed by atoms with Gasteiger partial charge in [0.05, 0.1) is 24.0 Å². The lowest BCUT2D eigenvalue weighted by molar-refractivity contribution is -0.212. The van der Waals surface area contributed by atoms with Crippen LogP contribution in [0.1, 0.15) is 43.2 Å². The maximum atomic E-state index is 15.1. The zero-order chi connectivity index (χ0) is 26.5. The van der Waals surface area contributed by atoms with Crippen molar-refractivity contribution in [2.24, 2.45) is 10.4 Å². The predicted molar refractivity (Wildman–Crippen MR) is 129 cm³/mol. The number of hydrogen-bond acceptors (Lipinski definition) is 5. The smallest absolute Gasteiger partial charge is 0.398 e. The molecule has 1 aromatic carbocycles. The van der Waals surface area contributed by atoms with Crippen LogP contribution in [-0.4, -0.2) is 48.4 Å². The number of aromatic nitrogens is 2. The molecular formula is C27H26F5N3O3. The summed E-state index contributed by atoms with van der Waals surface area (Å²) in [5.74, 6) is -2.35. The largest absolute Gasteiger partial charge is 0.480 e. The van der Waals surface area contributed by atoms with Crippen molar-refractivity contribution in [1.29, 1.82) is 0 Å². The highest BCUT2D eigenvalue weighted by Crippen LogP contribution is 2.57. The first kappa shape index (κ1) is 25.1. The Hall–Kier alpha value is -3.21. The molecule has 2 aromatic heterocycles. The molecule has 0 bridgehead atoms. The minimum atomic E-state index is -4.49. The molecule has 6 rings (SSSR count). The Morgan fingerprint density at radius 2 is 1.79 bits per heavy atom. The minimum absolute atomic E-state index is 0.0263. The average molecular weight is 536 g/mol. The quantitative estimate of drug-likeness (QED) is 0.385. The van der Waals surface area contributed by atoms with Crippen molar-refractivity contribution in [2.45, 2.75) is 50.1 Å². The first-order chi connectivity index (χ1) is 18.2. The molecule has 0 atom stereocenters. The van der Waals surface area contributed by atoms with Gasteiger partial charge in [-0.2, -0.15) is 13.2 Å². The maximum Gasteiger partial charge on any atom is 0.398 e. The summed E-state index contributed by atoms with van der Waals surface area (Å²) in [4.78, 5) is 11.3. The van der Waals surface area contributed by atoms with Crippen LogP contribution in [0, 0.1) is 17.0 Å². The summed E-state index contributed by atoms with van der Waals surface area (Å²) in [6.45, 7) is 2.39. The average Bonchev–Trinajstić information content (AvgIpc) is 3.27. The summed E-state index contributed by atoms with van der Waals surface area (Å²) >= 11 is 0. The zero-order valence-corrected chi connectivity index (χ0v) is 20.5. The van der Waals surface area contributed by atoms with Gasteiger partial charge in [-0.3, -0.25) is 4.99 Å². The van der Waals surface area contributed by atoms with Gasteiger partial charge in [-0.15, -0.1) is 0 Å². The van der Waals surface area contributed by atoms with Gasteiger partial charge in [0.25, 0.3) is 0 Å². The van der Waals surface area contributed by atoms with Crippen molar-refractivity contribution in [3.05, 3.63) is 53.4 Å². The molecular weight excluding hydrogens is 509 g/mol. The van der Waals surface area contributed by atoms with Crippen LogP contribution in [0.2, 0.25) is 0 Å². The molecule has 2 fully saturated rings. The topological polar surface area (TPSA) is 68.7 Å². The molecule has 3 aromatic rings. The second kappa shape index (κ2) is 9.21. The number of ether oxygens (including phenoxy) is 3. The molecule has 1 saturated carbocycles. The SMILES string of the molecule is Fc1cc(CC2=NCC3(CCOCC3)CO2)cc(F)c1Oc1ccnc2[nH]cc(C3(C(F)(F)F)CCC3)c12. The van der Waals surface area contributed by atoms with Crippen LogP contribution >= 0.6 is 0 Å². The van der Waals surface area contributed by atoms with Gasteiger partial charge in [0.15, 0.2) is 23.3 Å². The van der Waals surface area contributed by atoms with Crippen LogP contribution in [-0.2, 0) is 21.3 Å². The van der Waals surface area contributed by atoms with E-state index >= 15 is 8.78 Å². The highest BCUT2D eigenvalue weighted by atomic mass is 19.4. The van der Waals surface area contributed by atoms with Crippen LogP contribution < -0.4 is 4.74 Å². The van der Waals surface area contributed by atoms with E-state index in [0.29, 0.717) is 44.2 Å². The molecule has 0 amide bonds. The van der Waals surface area contributed by atoms with E-state index in [2.05, 4.69) is 15.0 Å². The van der Waals surface area contributed by atoms with E-state index in [9.17, 15) is 13.2 Å². The molecule has 38 heavy (non-hydrogen) atoms. The molecule has 11 heteroatoms. The third-order valence-electron chi connectivity index (χ3n) is 8.12. The third-order valence-corrected chi connectivity index (χ3v) is 8.12. The number of halogens is 5. The lowest BCUT2D eigenvalue weighted by Gasteiger charge is -2.43. The molecule has 6 nitrogen and oxygen atoms in total. The van der Waals surface area contributed by atoms with Crippen molar-refractivity contribution in [1.82, 2.24) is 9.97 Å². The minimum Gasteiger partial charge on any atom is -0.480 e. The molecule has 2 aliphatic heterocycles. The number of nitrogens with one attached hydrogen (secondary N) is 1. The molecule has 4 heterocycles. The third kappa shape index (κ3) is 4.20. The second-order valence-electron chi connectivity index (χ2n) is 10.4. The molecule has 202 valence electrons. The Labute approximate surface area is 215 Å². The number of aliphatic imine (C=N–C) groups is 1. The van der Waals surface area contributed by atoms with Crippen LogP contribution in [0.4, 0.5) is 22.0 Å². The molecule has 1 spiro atoms. The number of nitrogens with zero attached hydrogens (tertiary/aromatic N) is 2. The van der Waals surface area contributed by atoms with Crippen LogP contribution in [0.3, 0.4) is 0 Å². The van der Waals surface area contributed by atoms with E-state index in [1.807, 2.05) is 0 Å². The van der Waals surface area contributed by atoms with Crippen molar-refractivity contribution in [3.8, 4) is 11.5 Å². The maximum absolute atomic E-state index is 15.1. The monoisotopic (exact) mass is 535 g/mol. The molecule has 3 aliphatic rings. The highest BCUT2D eigenvalue weighted by Gasteiger charge is 2.60. The first-order valence-corrected chi connectivity index (χ1v) is 12.6. The Kier molecular flexibility index (Phi) is 6.08. The van der Waals surface area contributed by atoms with Crippen molar-refractivity contribution >= 4 is 16.9 Å². The molecule has 1 N–H and O–H groups in total. The van der Waals surface area contributed by atoms with Gasteiger partial charge in [0.1, 0.15) is 11.4 Å². The number of hydrogen-bond donors (Lipinski definition) is 1. The Bertz CT molecular complexity index is 1370. The first-order valence-electron chi connectivity index (χ1n) is 12.6. The number of H-pyrrole nitrogens is 1. The number of benzene rings is 1. The van der Waals surface area contributed by atoms with Gasteiger partial charge in [-0.1, -0.05) is 6.42 Å². The number of alkyl halides is 3. The van der Waals surface area contributed by atoms with Gasteiger partial charge >= 0.3 is 6.18 Å². The summed E-state index contributed by atoms with van der Waals surface area (Å²) in [6, 6.07) is 3.57. The van der Waals surface area contributed by atoms with Gasteiger partial charge in [-0.25, -0.2) is 13.8 Å². The van der Waals surface area contributed by atoms with Crippen molar-refractivity contribution < 1.29 is 36.2 Å². The van der Waals surface area contributed by atoms with E-state index in [1.54, 1.807) is 0 Å². The number of fused-ring (bicyclic) bond motifs is 1. The summed E-state index contributed by atoms with van der Waals surface area (Å²) in [5, 5.41) is 0.0689. The summed E-state index contributed by atoms with van der Waals surface area (Å²) in [5.41, 5.74) is -1.66. The molecule has 1 aliphatic carbocycles. The molecule has 0 radical (unpaired) electrons. The number of pyridine rings is 1. The van der Waals surface area contributed by atoms with Gasteiger partial charge in [0, 0.05) is 37.4 Å². The standard InChI is InChI=1S/C27H26F5N3O3/c28-18-10-16(12-21-35-14-25(15-37-21)5-8-36-9-6-25)11-19(29)23(18)38-20-2-7-33-24-22(20)17(13-34-24)26(3-1-4-26)27(30,31)32/h2,7,10-11,13H,1,3-6,8-9,12,14-15H2,(H,33,34). The number of rotatable bonds is 5. The summed E-state index contributed by atoms with van der Waals surface area (Å²) in [7, 11) is 0. The fraction of sp³-hybridized carbons (Fsp3) is 0.481. The lowest BCUT2D eigenvalue weighted by Crippen LogP contribution is -2.47. The number of aromatic amines is 1. The van der Waals surface area contributed by atoms with Gasteiger partial charge in [0.2, 0.25) is 0 Å². The van der Waals surface area contributed by atoms with E-state index in [-0.39, 0.29) is 47.0 Å². The fourth-order valence-corrected chi connectivity index (χ4v) is 5.62. The van der Waals surface area contributed by atoms with E-state index in [0.717, 1.165) is 25.0 Å². The van der Waals surface area contributed by atoms with E-state index in [1.165, 1.54) is 18.5 Å². The van der Waals surface area contributed by atoms with Gasteiger partial charge in [-0.05, 0) is 55.0 Å².